The number of nitrogens with one attached hydrogen (secondary N) is 2. The first-order chi connectivity index (χ1) is 9.54. The molecular formula is C14H20N2O4. The Balaban J connectivity index is 2.59. The molecule has 0 bridgehead atoms. The van der Waals surface area contributed by atoms with Crippen LogP contribution in [0.15, 0.2) is 30.3 Å². The molecule has 20 heavy (non-hydrogen) atoms. The van der Waals surface area contributed by atoms with Crippen molar-refractivity contribution in [3.05, 3.63) is 35.9 Å². The van der Waals surface area contributed by atoms with Crippen LogP contribution < -0.4 is 10.6 Å². The maximum absolute atomic E-state index is 11.8. The lowest BCUT2D eigenvalue weighted by Crippen LogP contribution is -2.45. The van der Waals surface area contributed by atoms with Crippen molar-refractivity contribution in [2.45, 2.75) is 25.9 Å². The van der Waals surface area contributed by atoms with Crippen molar-refractivity contribution in [2.24, 2.45) is 0 Å². The molecule has 0 saturated heterocycles. The molecule has 0 spiro atoms. The van der Waals surface area contributed by atoms with E-state index in [4.69, 9.17) is 4.74 Å². The molecule has 0 fully saturated rings. The van der Waals surface area contributed by atoms with Gasteiger partial charge in [-0.3, -0.25) is 0 Å². The summed E-state index contributed by atoms with van der Waals surface area (Å²) in [5.74, 6) is -1.11. The van der Waals surface area contributed by atoms with Gasteiger partial charge in [-0.05, 0) is 19.4 Å². The Morgan fingerprint density at radius 1 is 1.25 bits per heavy atom. The third-order valence-corrected chi connectivity index (χ3v) is 2.60. The van der Waals surface area contributed by atoms with Crippen LogP contribution in [0.3, 0.4) is 0 Å². The molecule has 6 heteroatoms. The van der Waals surface area contributed by atoms with Crippen molar-refractivity contribution >= 4 is 12.0 Å². The van der Waals surface area contributed by atoms with E-state index in [1.807, 2.05) is 6.92 Å². The molecule has 1 aromatic carbocycles. The van der Waals surface area contributed by atoms with Crippen LogP contribution in [0.1, 0.15) is 25.5 Å². The molecule has 0 aliphatic rings. The fraction of sp³-hybridized carbons (Fsp3) is 0.429. The minimum atomic E-state index is -1.11. The maximum Gasteiger partial charge on any atom is 0.330 e. The molecule has 0 aliphatic heterocycles. The van der Waals surface area contributed by atoms with Crippen molar-refractivity contribution in [3.8, 4) is 0 Å². The van der Waals surface area contributed by atoms with Crippen molar-refractivity contribution < 1.29 is 19.4 Å². The SMILES string of the molecule is CCOCC(C)NC(=O)NC(C(=O)O)c1ccccc1. The lowest BCUT2D eigenvalue weighted by molar-refractivity contribution is -0.139. The average Bonchev–Trinajstić information content (AvgIpc) is 2.43. The molecule has 2 amide bonds. The molecule has 0 aliphatic carbocycles. The third kappa shape index (κ3) is 5.27. The van der Waals surface area contributed by atoms with E-state index in [9.17, 15) is 14.7 Å². The summed E-state index contributed by atoms with van der Waals surface area (Å²) in [6, 6.07) is 6.74. The second-order valence-corrected chi connectivity index (χ2v) is 4.36. The number of ether oxygens (including phenoxy) is 1. The Hall–Kier alpha value is -2.08. The second-order valence-electron chi connectivity index (χ2n) is 4.36. The van der Waals surface area contributed by atoms with Gasteiger partial charge in [0.05, 0.1) is 12.6 Å². The number of hydrogen-bond acceptors (Lipinski definition) is 3. The van der Waals surface area contributed by atoms with Crippen molar-refractivity contribution in [2.75, 3.05) is 13.2 Å². The van der Waals surface area contributed by atoms with Crippen molar-refractivity contribution in [1.29, 1.82) is 0 Å². The number of carboxylic acids is 1. The number of urea groups is 1. The molecule has 0 heterocycles. The summed E-state index contributed by atoms with van der Waals surface area (Å²) in [7, 11) is 0. The van der Waals surface area contributed by atoms with E-state index in [2.05, 4.69) is 10.6 Å². The molecule has 110 valence electrons. The van der Waals surface area contributed by atoms with Crippen LogP contribution >= 0.6 is 0 Å². The summed E-state index contributed by atoms with van der Waals surface area (Å²) in [4.78, 5) is 23.0. The van der Waals surface area contributed by atoms with E-state index in [0.29, 0.717) is 18.8 Å². The number of carbonyl (C=O) groups excluding carboxylic acids is 1. The predicted molar refractivity (Wildman–Crippen MR) is 74.4 cm³/mol. The van der Waals surface area contributed by atoms with Gasteiger partial charge in [-0.2, -0.15) is 0 Å². The van der Waals surface area contributed by atoms with E-state index >= 15 is 0 Å². The maximum atomic E-state index is 11.8. The quantitative estimate of drug-likeness (QED) is 0.707. The van der Waals surface area contributed by atoms with E-state index in [1.54, 1.807) is 37.3 Å². The molecule has 3 N–H and O–H groups in total. The summed E-state index contributed by atoms with van der Waals surface area (Å²) in [5.41, 5.74) is 0.521. The van der Waals surface area contributed by atoms with Gasteiger partial charge in [-0.15, -0.1) is 0 Å². The Morgan fingerprint density at radius 3 is 2.45 bits per heavy atom. The zero-order chi connectivity index (χ0) is 15.0. The molecule has 1 aromatic rings. The third-order valence-electron chi connectivity index (χ3n) is 2.60. The van der Waals surface area contributed by atoms with Crippen LogP contribution in [-0.4, -0.2) is 36.4 Å². The van der Waals surface area contributed by atoms with Gasteiger partial charge in [-0.25, -0.2) is 9.59 Å². The average molecular weight is 280 g/mol. The summed E-state index contributed by atoms with van der Waals surface area (Å²) in [6.07, 6.45) is 0. The summed E-state index contributed by atoms with van der Waals surface area (Å²) >= 11 is 0. The molecule has 0 saturated carbocycles. The number of aliphatic carboxylic acids is 1. The fourth-order valence-electron chi connectivity index (χ4n) is 1.67. The molecule has 1 rings (SSSR count). The van der Waals surface area contributed by atoms with Gasteiger partial charge in [0.1, 0.15) is 0 Å². The zero-order valence-electron chi connectivity index (χ0n) is 11.6. The molecule has 2 unspecified atom stereocenters. The van der Waals surface area contributed by atoms with E-state index in [0.717, 1.165) is 0 Å². The number of amides is 2. The largest absolute Gasteiger partial charge is 0.479 e. The highest BCUT2D eigenvalue weighted by Gasteiger charge is 2.22. The Morgan fingerprint density at radius 2 is 1.90 bits per heavy atom. The standard InChI is InChI=1S/C14H20N2O4/c1-3-20-9-10(2)15-14(19)16-12(13(17)18)11-7-5-4-6-8-11/h4-8,10,12H,3,9H2,1-2H3,(H,17,18)(H2,15,16,19). The van der Waals surface area contributed by atoms with Crippen molar-refractivity contribution in [3.63, 3.8) is 0 Å². The number of rotatable bonds is 7. The first kappa shape index (κ1) is 16.0. The van der Waals surface area contributed by atoms with E-state index in [-0.39, 0.29) is 6.04 Å². The van der Waals surface area contributed by atoms with Crippen LogP contribution in [0, 0.1) is 0 Å². The highest BCUT2D eigenvalue weighted by atomic mass is 16.5. The number of carbonyl (C=O) groups is 2. The first-order valence-electron chi connectivity index (χ1n) is 6.47. The fourth-order valence-corrected chi connectivity index (χ4v) is 1.67. The first-order valence-corrected chi connectivity index (χ1v) is 6.47. The molecule has 0 aromatic heterocycles. The van der Waals surface area contributed by atoms with Gasteiger partial charge in [0, 0.05) is 6.61 Å². The number of hydrogen-bond donors (Lipinski definition) is 3. The normalized spacial score (nSPS) is 13.3. The topological polar surface area (TPSA) is 87.7 Å². The Kier molecular flexibility index (Phi) is 6.52. The lowest BCUT2D eigenvalue weighted by Gasteiger charge is -2.18. The van der Waals surface area contributed by atoms with Crippen LogP contribution in [0.4, 0.5) is 4.79 Å². The smallest absolute Gasteiger partial charge is 0.330 e. The minimum absolute atomic E-state index is 0.194. The van der Waals surface area contributed by atoms with Gasteiger partial charge in [0.2, 0.25) is 0 Å². The molecular weight excluding hydrogens is 260 g/mol. The Bertz CT molecular complexity index is 436. The van der Waals surface area contributed by atoms with Crippen LogP contribution in [0.5, 0.6) is 0 Å². The molecule has 6 nitrogen and oxygen atoms in total. The van der Waals surface area contributed by atoms with E-state index < -0.39 is 18.0 Å². The predicted octanol–water partition coefficient (Wildman–Crippen LogP) is 1.54. The van der Waals surface area contributed by atoms with Crippen LogP contribution in [-0.2, 0) is 9.53 Å². The monoisotopic (exact) mass is 280 g/mol. The molecule has 0 radical (unpaired) electrons. The van der Waals surface area contributed by atoms with Gasteiger partial charge in [-0.1, -0.05) is 30.3 Å². The number of benzene rings is 1. The van der Waals surface area contributed by atoms with Gasteiger partial charge in [0.15, 0.2) is 6.04 Å². The summed E-state index contributed by atoms with van der Waals surface area (Å²) < 4.78 is 5.17. The van der Waals surface area contributed by atoms with Crippen LogP contribution in [0.2, 0.25) is 0 Å². The molecule has 2 atom stereocenters. The highest BCUT2D eigenvalue weighted by molar-refractivity contribution is 5.83. The van der Waals surface area contributed by atoms with Gasteiger partial charge in [0.25, 0.3) is 0 Å². The van der Waals surface area contributed by atoms with Gasteiger partial charge < -0.3 is 20.5 Å². The zero-order valence-corrected chi connectivity index (χ0v) is 11.6. The van der Waals surface area contributed by atoms with E-state index in [1.165, 1.54) is 0 Å². The summed E-state index contributed by atoms with van der Waals surface area (Å²) in [5, 5.41) is 14.3. The van der Waals surface area contributed by atoms with Crippen LogP contribution in [0.25, 0.3) is 0 Å². The Labute approximate surface area is 118 Å². The highest BCUT2D eigenvalue weighted by Crippen LogP contribution is 2.12. The summed E-state index contributed by atoms with van der Waals surface area (Å²) in [6.45, 7) is 4.60. The lowest BCUT2D eigenvalue weighted by atomic mass is 10.1. The van der Waals surface area contributed by atoms with Gasteiger partial charge >= 0.3 is 12.0 Å². The second kappa shape index (κ2) is 8.16. The van der Waals surface area contributed by atoms with Crippen molar-refractivity contribution in [1.82, 2.24) is 10.6 Å². The minimum Gasteiger partial charge on any atom is -0.479 e. The number of carboxylic acid groups (broad SMARTS) is 1.